The summed E-state index contributed by atoms with van der Waals surface area (Å²) in [6, 6.07) is 2.89. The number of anilines is 1. The van der Waals surface area contributed by atoms with Gasteiger partial charge >= 0.3 is 0 Å². The van der Waals surface area contributed by atoms with E-state index in [0.717, 1.165) is 6.26 Å². The molecule has 148 valence electrons. The number of aromatic amines is 1. The van der Waals surface area contributed by atoms with Crippen molar-refractivity contribution in [1.29, 1.82) is 0 Å². The maximum Gasteiger partial charge on any atom is 0.277 e. The lowest BCUT2D eigenvalue weighted by atomic mass is 9.99. The molecule has 2 aromatic rings. The second kappa shape index (κ2) is 8.10. The third-order valence-electron chi connectivity index (χ3n) is 4.44. The number of sulfone groups is 1. The lowest BCUT2D eigenvalue weighted by Gasteiger charge is -2.25. The molecule has 0 amide bonds. The molecule has 0 aliphatic carbocycles. The van der Waals surface area contributed by atoms with Gasteiger partial charge in [-0.15, -0.1) is 0 Å². The number of rotatable bonds is 8. The molecule has 0 bridgehead atoms. The number of H-pyrrole nitrogens is 1. The number of ether oxygens (including phenoxy) is 1. The summed E-state index contributed by atoms with van der Waals surface area (Å²) in [7, 11) is 1.40. The first-order valence-electron chi connectivity index (χ1n) is 8.42. The fourth-order valence-electron chi connectivity index (χ4n) is 3.02. The Morgan fingerprint density at radius 3 is 2.48 bits per heavy atom. The zero-order valence-electron chi connectivity index (χ0n) is 16.2. The van der Waals surface area contributed by atoms with Gasteiger partial charge in [0.15, 0.2) is 9.84 Å². The first-order valence-corrected chi connectivity index (χ1v) is 10.3. The lowest BCUT2D eigenvalue weighted by molar-refractivity contribution is 0.103. The third-order valence-corrected chi connectivity index (χ3v) is 5.57. The van der Waals surface area contributed by atoms with Gasteiger partial charge in [-0.25, -0.2) is 8.42 Å². The van der Waals surface area contributed by atoms with Crippen molar-refractivity contribution in [2.45, 2.75) is 18.2 Å². The summed E-state index contributed by atoms with van der Waals surface area (Å²) >= 11 is 0. The number of hydrogen-bond acceptors (Lipinski definition) is 6. The molecule has 1 aromatic carbocycles. The highest BCUT2D eigenvalue weighted by Crippen LogP contribution is 2.32. The Morgan fingerprint density at radius 1 is 1.30 bits per heavy atom. The molecule has 0 aliphatic heterocycles. The van der Waals surface area contributed by atoms with Gasteiger partial charge in [0.1, 0.15) is 5.56 Å². The minimum atomic E-state index is -3.50. The number of hydrogen-bond donors (Lipinski definition) is 1. The van der Waals surface area contributed by atoms with E-state index in [4.69, 9.17) is 4.74 Å². The Balaban J connectivity index is 2.59. The Bertz CT molecular complexity index is 1000. The van der Waals surface area contributed by atoms with E-state index in [1.807, 2.05) is 0 Å². The molecule has 0 radical (unpaired) electrons. The molecule has 1 aromatic heterocycles. The van der Waals surface area contributed by atoms with Crippen LogP contribution in [0.5, 0.6) is 0 Å². The number of carbonyl (C=O) groups is 1. The van der Waals surface area contributed by atoms with E-state index >= 15 is 0 Å². The summed E-state index contributed by atoms with van der Waals surface area (Å²) in [6.07, 6.45) is 3.19. The van der Waals surface area contributed by atoms with Crippen LogP contribution in [0.15, 0.2) is 28.0 Å². The van der Waals surface area contributed by atoms with Crippen LogP contribution in [0.2, 0.25) is 0 Å². The monoisotopic (exact) mass is 395 g/mol. The van der Waals surface area contributed by atoms with Crippen LogP contribution in [-0.2, 0) is 21.6 Å². The number of nitrogens with zero attached hydrogens (tertiary/aromatic N) is 2. The van der Waals surface area contributed by atoms with Crippen molar-refractivity contribution in [3.05, 3.63) is 45.4 Å². The van der Waals surface area contributed by atoms with Gasteiger partial charge in [-0.3, -0.25) is 14.3 Å². The molecule has 0 saturated heterocycles. The van der Waals surface area contributed by atoms with Gasteiger partial charge in [0.05, 0.1) is 10.6 Å². The molecule has 0 atom stereocenters. The maximum absolute atomic E-state index is 12.9. The number of ketones is 1. The van der Waals surface area contributed by atoms with Crippen LogP contribution in [0.4, 0.5) is 5.69 Å². The molecule has 0 unspecified atom stereocenters. The summed E-state index contributed by atoms with van der Waals surface area (Å²) in [4.78, 5) is 26.9. The van der Waals surface area contributed by atoms with E-state index in [1.165, 1.54) is 30.1 Å². The van der Waals surface area contributed by atoms with E-state index < -0.39 is 21.2 Å². The van der Waals surface area contributed by atoms with Crippen molar-refractivity contribution in [3.8, 4) is 0 Å². The lowest BCUT2D eigenvalue weighted by Crippen LogP contribution is -2.25. The van der Waals surface area contributed by atoms with Crippen LogP contribution < -0.4 is 10.5 Å². The second-order valence-corrected chi connectivity index (χ2v) is 8.49. The molecule has 27 heavy (non-hydrogen) atoms. The molecule has 8 nitrogen and oxygen atoms in total. The van der Waals surface area contributed by atoms with Gasteiger partial charge in [0, 0.05) is 52.4 Å². The Kier molecular flexibility index (Phi) is 6.27. The summed E-state index contributed by atoms with van der Waals surface area (Å²) in [5, 5.41) is 2.68. The molecular formula is C18H25N3O5S. The van der Waals surface area contributed by atoms with Crippen molar-refractivity contribution in [2.75, 3.05) is 38.5 Å². The van der Waals surface area contributed by atoms with Crippen LogP contribution in [0.1, 0.15) is 27.9 Å². The summed E-state index contributed by atoms with van der Waals surface area (Å²) in [5.41, 5.74) is 0.868. The van der Waals surface area contributed by atoms with Crippen LogP contribution in [0.3, 0.4) is 0 Å². The second-order valence-electron chi connectivity index (χ2n) is 6.51. The molecule has 0 saturated carbocycles. The van der Waals surface area contributed by atoms with Gasteiger partial charge in [-0.2, -0.15) is 0 Å². The molecular weight excluding hydrogens is 370 g/mol. The Morgan fingerprint density at radius 2 is 1.96 bits per heavy atom. The van der Waals surface area contributed by atoms with E-state index in [-0.39, 0.29) is 10.5 Å². The van der Waals surface area contributed by atoms with Crippen LogP contribution in [0.25, 0.3) is 0 Å². The third kappa shape index (κ3) is 4.30. The molecule has 9 heteroatoms. The predicted octanol–water partition coefficient (Wildman–Crippen LogP) is 1.13. The van der Waals surface area contributed by atoms with E-state index in [1.54, 1.807) is 26.0 Å². The van der Waals surface area contributed by atoms with E-state index in [9.17, 15) is 18.0 Å². The topological polar surface area (TPSA) is 101 Å². The van der Waals surface area contributed by atoms with Gasteiger partial charge in [-0.1, -0.05) is 0 Å². The molecule has 0 aliphatic rings. The summed E-state index contributed by atoms with van der Waals surface area (Å²) in [5.74, 6) is -0.444. The van der Waals surface area contributed by atoms with Crippen LogP contribution in [-0.4, -0.2) is 57.5 Å². The number of nitrogens with one attached hydrogen (secondary N) is 1. The quantitative estimate of drug-likeness (QED) is 0.531. The maximum atomic E-state index is 12.9. The van der Waals surface area contributed by atoms with Crippen molar-refractivity contribution >= 4 is 21.3 Å². The normalized spacial score (nSPS) is 11.6. The molecule has 0 spiro atoms. The molecule has 0 fully saturated rings. The van der Waals surface area contributed by atoms with Gasteiger partial charge < -0.3 is 14.7 Å². The largest absolute Gasteiger partial charge is 0.385 e. The summed E-state index contributed by atoms with van der Waals surface area (Å²) < 4.78 is 30.8. The number of methoxy groups -OCH3 is 1. The minimum absolute atomic E-state index is 0.0145. The smallest absolute Gasteiger partial charge is 0.277 e. The fraction of sp³-hybridized carbons (Fsp3) is 0.444. The number of benzene rings is 1. The van der Waals surface area contributed by atoms with Crippen molar-refractivity contribution in [1.82, 2.24) is 9.78 Å². The Labute approximate surface area is 158 Å². The van der Waals surface area contributed by atoms with Crippen molar-refractivity contribution < 1.29 is 17.9 Å². The highest BCUT2D eigenvalue weighted by Gasteiger charge is 2.25. The van der Waals surface area contributed by atoms with Crippen LogP contribution in [0, 0.1) is 6.92 Å². The highest BCUT2D eigenvalue weighted by molar-refractivity contribution is 7.90. The van der Waals surface area contributed by atoms with Crippen molar-refractivity contribution in [3.63, 3.8) is 0 Å². The van der Waals surface area contributed by atoms with E-state index in [2.05, 4.69) is 5.10 Å². The van der Waals surface area contributed by atoms with Gasteiger partial charge in [0.25, 0.3) is 5.56 Å². The summed E-state index contributed by atoms with van der Waals surface area (Å²) in [6.45, 7) is 2.79. The standard InChI is InChI=1S/C18H25N3O5S/c1-12-13(17(22)14-11-19-21(3)18(14)23)7-8-15(27(5,24)25)16(12)20(2)9-6-10-26-4/h7-8,11,19H,6,9-10H2,1-5H3. The number of aromatic nitrogens is 2. The molecule has 1 N–H and O–H groups in total. The average Bonchev–Trinajstić information content (AvgIpc) is 2.92. The van der Waals surface area contributed by atoms with E-state index in [0.29, 0.717) is 36.4 Å². The number of carbonyl (C=O) groups excluding carboxylic acids is 1. The zero-order valence-corrected chi connectivity index (χ0v) is 17.0. The first-order chi connectivity index (χ1) is 12.6. The molecule has 1 heterocycles. The first kappa shape index (κ1) is 20.9. The van der Waals surface area contributed by atoms with Gasteiger partial charge in [0.2, 0.25) is 5.78 Å². The minimum Gasteiger partial charge on any atom is -0.385 e. The predicted molar refractivity (Wildman–Crippen MR) is 104 cm³/mol. The SMILES string of the molecule is COCCCN(C)c1c(S(C)(=O)=O)ccc(C(=O)c2c[nH]n(C)c2=O)c1C. The fourth-order valence-corrected chi connectivity index (χ4v) is 4.00. The van der Waals surface area contributed by atoms with Gasteiger partial charge in [-0.05, 0) is 31.0 Å². The van der Waals surface area contributed by atoms with Crippen molar-refractivity contribution in [2.24, 2.45) is 7.05 Å². The zero-order chi connectivity index (χ0) is 20.4. The molecule has 2 rings (SSSR count). The Hall–Kier alpha value is -2.39. The van der Waals surface area contributed by atoms with Crippen LogP contribution >= 0.6 is 0 Å². The number of aryl methyl sites for hydroxylation is 1. The average molecular weight is 395 g/mol. The highest BCUT2D eigenvalue weighted by atomic mass is 32.2.